The topological polar surface area (TPSA) is 71.3 Å². The van der Waals surface area contributed by atoms with Crippen molar-refractivity contribution in [2.45, 2.75) is 25.1 Å². The monoisotopic (exact) mass is 428 g/mol. The fourth-order valence-corrected chi connectivity index (χ4v) is 4.67. The van der Waals surface area contributed by atoms with E-state index in [4.69, 9.17) is 4.42 Å². The second-order valence-electron chi connectivity index (χ2n) is 7.92. The number of anilines is 1. The molecular weight excluding hydrogens is 409 g/mol. The SMILES string of the molecule is Cc1ccc(C(=O)N[C@@H]2c3ccccc3[C@@H]3CN(c4cc(C(F)(F)F)ncn4)C[C@H]23)o1. The molecule has 0 radical (unpaired) electrons. The first-order valence-electron chi connectivity index (χ1n) is 9.91. The van der Waals surface area contributed by atoms with E-state index < -0.39 is 11.9 Å². The summed E-state index contributed by atoms with van der Waals surface area (Å²) in [6.07, 6.45) is -3.59. The van der Waals surface area contributed by atoms with E-state index in [1.54, 1.807) is 19.1 Å². The molecular formula is C22H19F3N4O2. The zero-order chi connectivity index (χ0) is 21.8. The van der Waals surface area contributed by atoms with Crippen LogP contribution < -0.4 is 10.2 Å². The summed E-state index contributed by atoms with van der Waals surface area (Å²) >= 11 is 0. The number of alkyl halides is 3. The van der Waals surface area contributed by atoms with Crippen molar-refractivity contribution in [1.82, 2.24) is 15.3 Å². The van der Waals surface area contributed by atoms with Crippen molar-refractivity contribution in [3.63, 3.8) is 0 Å². The number of nitrogens with zero attached hydrogens (tertiary/aromatic N) is 3. The summed E-state index contributed by atoms with van der Waals surface area (Å²) in [5.41, 5.74) is 1.17. The molecule has 6 nitrogen and oxygen atoms in total. The average Bonchev–Trinajstić information content (AvgIpc) is 3.43. The lowest BCUT2D eigenvalue weighted by molar-refractivity contribution is -0.141. The minimum absolute atomic E-state index is 0.00158. The standard InChI is InChI=1S/C22H19F3N4O2/c1-12-6-7-17(31-12)21(30)28-20-14-5-3-2-4-13(14)15-9-29(10-16(15)20)19-8-18(22(23,24)25)26-11-27-19/h2-8,11,15-16,20H,9-10H2,1H3,(H,28,30)/t15-,16-,20+/m0/s1. The van der Waals surface area contributed by atoms with E-state index in [9.17, 15) is 18.0 Å². The van der Waals surface area contributed by atoms with Crippen LogP contribution in [0.1, 0.15) is 45.1 Å². The number of furan rings is 1. The molecule has 1 aromatic carbocycles. The van der Waals surface area contributed by atoms with Crippen LogP contribution in [0.2, 0.25) is 0 Å². The molecule has 0 saturated carbocycles. The molecule has 5 rings (SSSR count). The van der Waals surface area contributed by atoms with Gasteiger partial charge in [0.2, 0.25) is 0 Å². The number of halogens is 3. The van der Waals surface area contributed by atoms with Crippen LogP contribution in [0.15, 0.2) is 53.2 Å². The van der Waals surface area contributed by atoms with Crippen LogP contribution in [0.25, 0.3) is 0 Å². The van der Waals surface area contributed by atoms with Crippen LogP contribution in [0.3, 0.4) is 0 Å². The van der Waals surface area contributed by atoms with Gasteiger partial charge in [0.05, 0.1) is 6.04 Å². The molecule has 3 atom stereocenters. The van der Waals surface area contributed by atoms with Crippen LogP contribution >= 0.6 is 0 Å². The fourth-order valence-electron chi connectivity index (χ4n) is 4.67. The Morgan fingerprint density at radius 3 is 2.61 bits per heavy atom. The number of carbonyl (C=O) groups is 1. The summed E-state index contributed by atoms with van der Waals surface area (Å²) in [6.45, 7) is 2.75. The van der Waals surface area contributed by atoms with Gasteiger partial charge < -0.3 is 14.6 Å². The molecule has 1 N–H and O–H groups in total. The van der Waals surface area contributed by atoms with E-state index in [-0.39, 0.29) is 35.4 Å². The second-order valence-corrected chi connectivity index (χ2v) is 7.92. The molecule has 9 heteroatoms. The highest BCUT2D eigenvalue weighted by atomic mass is 19.4. The molecule has 3 heterocycles. The van der Waals surface area contributed by atoms with E-state index in [0.29, 0.717) is 18.8 Å². The van der Waals surface area contributed by atoms with Crippen LogP contribution in [0.4, 0.5) is 19.0 Å². The predicted octanol–water partition coefficient (Wildman–Crippen LogP) is 4.10. The Kier molecular flexibility index (Phi) is 4.49. The Morgan fingerprint density at radius 2 is 1.90 bits per heavy atom. The minimum Gasteiger partial charge on any atom is -0.456 e. The number of hydrogen-bond acceptors (Lipinski definition) is 5. The molecule has 0 spiro atoms. The molecule has 1 aliphatic heterocycles. The third-order valence-electron chi connectivity index (χ3n) is 6.04. The number of fused-ring (bicyclic) bond motifs is 3. The Morgan fingerprint density at radius 1 is 1.13 bits per heavy atom. The second kappa shape index (κ2) is 7.11. The van der Waals surface area contributed by atoms with Crippen molar-refractivity contribution >= 4 is 11.7 Å². The molecule has 1 aliphatic carbocycles. The van der Waals surface area contributed by atoms with Gasteiger partial charge in [0.15, 0.2) is 5.76 Å². The zero-order valence-electron chi connectivity index (χ0n) is 16.6. The number of aromatic nitrogens is 2. The highest BCUT2D eigenvalue weighted by molar-refractivity contribution is 5.92. The largest absolute Gasteiger partial charge is 0.456 e. The normalized spacial score (nSPS) is 22.3. The van der Waals surface area contributed by atoms with Crippen LogP contribution in [-0.2, 0) is 6.18 Å². The van der Waals surface area contributed by atoms with Gasteiger partial charge in [-0.1, -0.05) is 24.3 Å². The van der Waals surface area contributed by atoms with E-state index >= 15 is 0 Å². The highest BCUT2D eigenvalue weighted by Crippen LogP contribution is 2.50. The number of nitrogens with one attached hydrogen (secondary N) is 1. The molecule has 1 amide bonds. The minimum atomic E-state index is -4.53. The first kappa shape index (κ1) is 19.6. The maximum Gasteiger partial charge on any atom is 0.433 e. The number of aryl methyl sites for hydroxylation is 1. The molecule has 1 saturated heterocycles. The van der Waals surface area contributed by atoms with Gasteiger partial charge in [-0.2, -0.15) is 13.2 Å². The predicted molar refractivity (Wildman–Crippen MR) is 106 cm³/mol. The fraction of sp³-hybridized carbons (Fsp3) is 0.318. The van der Waals surface area contributed by atoms with Crippen LogP contribution in [-0.4, -0.2) is 29.0 Å². The van der Waals surface area contributed by atoms with Crippen molar-refractivity contribution in [2.24, 2.45) is 5.92 Å². The summed E-state index contributed by atoms with van der Waals surface area (Å²) in [4.78, 5) is 22.0. The van der Waals surface area contributed by atoms with Gasteiger partial charge in [-0.25, -0.2) is 9.97 Å². The van der Waals surface area contributed by atoms with E-state index in [0.717, 1.165) is 23.5 Å². The summed E-state index contributed by atoms with van der Waals surface area (Å²) in [7, 11) is 0. The smallest absolute Gasteiger partial charge is 0.433 e. The third-order valence-corrected chi connectivity index (χ3v) is 6.04. The van der Waals surface area contributed by atoms with Crippen molar-refractivity contribution in [3.8, 4) is 0 Å². The number of carbonyl (C=O) groups excluding carboxylic acids is 1. The average molecular weight is 428 g/mol. The lowest BCUT2D eigenvalue weighted by atomic mass is 9.94. The molecule has 160 valence electrons. The number of benzene rings is 1. The first-order chi connectivity index (χ1) is 14.8. The first-order valence-corrected chi connectivity index (χ1v) is 9.91. The molecule has 2 aliphatic rings. The van der Waals surface area contributed by atoms with Gasteiger partial charge in [0.1, 0.15) is 23.6 Å². The Balaban J connectivity index is 1.43. The van der Waals surface area contributed by atoms with Crippen molar-refractivity contribution in [2.75, 3.05) is 18.0 Å². The summed E-state index contributed by atoms with van der Waals surface area (Å²) in [5.74, 6) is 0.880. The van der Waals surface area contributed by atoms with Gasteiger partial charge >= 0.3 is 6.18 Å². The maximum atomic E-state index is 13.1. The summed E-state index contributed by atoms with van der Waals surface area (Å²) < 4.78 is 44.7. The third kappa shape index (κ3) is 3.43. The van der Waals surface area contributed by atoms with Gasteiger partial charge in [-0.05, 0) is 30.2 Å². The van der Waals surface area contributed by atoms with Gasteiger partial charge in [-0.3, -0.25) is 4.79 Å². The molecule has 3 aromatic rings. The quantitative estimate of drug-likeness (QED) is 0.680. The highest BCUT2D eigenvalue weighted by Gasteiger charge is 2.47. The molecule has 0 unspecified atom stereocenters. The Bertz CT molecular complexity index is 1140. The molecule has 0 bridgehead atoms. The molecule has 2 aromatic heterocycles. The zero-order valence-corrected chi connectivity index (χ0v) is 16.6. The van der Waals surface area contributed by atoms with E-state index in [1.165, 1.54) is 0 Å². The Hall–Kier alpha value is -3.36. The lowest BCUT2D eigenvalue weighted by Crippen LogP contribution is -2.33. The number of rotatable bonds is 3. The van der Waals surface area contributed by atoms with E-state index in [1.807, 2.05) is 29.2 Å². The summed E-state index contributed by atoms with van der Waals surface area (Å²) in [6, 6.07) is 11.9. The lowest BCUT2D eigenvalue weighted by Gasteiger charge is -2.23. The summed E-state index contributed by atoms with van der Waals surface area (Å²) in [5, 5.41) is 3.07. The van der Waals surface area contributed by atoms with Gasteiger partial charge in [0.25, 0.3) is 5.91 Å². The van der Waals surface area contributed by atoms with Gasteiger partial charge in [0, 0.05) is 31.0 Å². The molecule has 1 fully saturated rings. The number of hydrogen-bond donors (Lipinski definition) is 1. The Labute approximate surface area is 176 Å². The van der Waals surface area contributed by atoms with E-state index in [2.05, 4.69) is 15.3 Å². The molecule has 31 heavy (non-hydrogen) atoms. The van der Waals surface area contributed by atoms with Crippen molar-refractivity contribution in [3.05, 3.63) is 77.1 Å². The van der Waals surface area contributed by atoms with Crippen molar-refractivity contribution < 1.29 is 22.4 Å². The van der Waals surface area contributed by atoms with Crippen LogP contribution in [0.5, 0.6) is 0 Å². The van der Waals surface area contributed by atoms with Crippen molar-refractivity contribution in [1.29, 1.82) is 0 Å². The van der Waals surface area contributed by atoms with Crippen LogP contribution in [0, 0.1) is 12.8 Å². The van der Waals surface area contributed by atoms with Gasteiger partial charge in [-0.15, -0.1) is 0 Å². The number of amides is 1. The maximum absolute atomic E-state index is 13.1.